The molecule has 5 heteroatoms. The van der Waals surface area contributed by atoms with E-state index in [2.05, 4.69) is 10.1 Å². The highest BCUT2D eigenvalue weighted by Gasteiger charge is 2.17. The maximum Gasteiger partial charge on any atom is 0.319 e. The Morgan fingerprint density at radius 1 is 1.26 bits per heavy atom. The number of nitrogens with one attached hydrogen (secondary N) is 1. The van der Waals surface area contributed by atoms with E-state index in [1.165, 1.54) is 26.4 Å². The Kier molecular flexibility index (Phi) is 8.21. The highest BCUT2D eigenvalue weighted by molar-refractivity contribution is 5.72. The number of carbonyl (C=O) groups excluding carboxylic acids is 2. The van der Waals surface area contributed by atoms with Crippen molar-refractivity contribution in [2.75, 3.05) is 20.3 Å². The number of morpholine rings is 1. The van der Waals surface area contributed by atoms with Crippen LogP contribution in [0.15, 0.2) is 0 Å². The van der Waals surface area contributed by atoms with E-state index in [-0.39, 0.29) is 11.9 Å². The van der Waals surface area contributed by atoms with Gasteiger partial charge in [-0.3, -0.25) is 9.59 Å². The first kappa shape index (κ1) is 16.0. The van der Waals surface area contributed by atoms with Crippen LogP contribution in [0, 0.1) is 0 Å². The molecule has 0 aliphatic carbocycles. The largest absolute Gasteiger partial charge is 0.469 e. The maximum absolute atomic E-state index is 10.9. The average Bonchev–Trinajstić information content (AvgIpc) is 2.43. The lowest BCUT2D eigenvalue weighted by Gasteiger charge is -2.22. The molecule has 19 heavy (non-hydrogen) atoms. The van der Waals surface area contributed by atoms with Gasteiger partial charge in [-0.2, -0.15) is 0 Å². The third kappa shape index (κ3) is 7.82. The molecule has 0 aromatic rings. The van der Waals surface area contributed by atoms with Gasteiger partial charge in [0, 0.05) is 12.5 Å². The molecule has 0 saturated carbocycles. The van der Waals surface area contributed by atoms with Crippen molar-refractivity contribution in [2.24, 2.45) is 0 Å². The number of rotatable bonds is 9. The van der Waals surface area contributed by atoms with Crippen LogP contribution in [0.2, 0.25) is 0 Å². The summed E-state index contributed by atoms with van der Waals surface area (Å²) < 4.78 is 9.58. The van der Waals surface area contributed by atoms with Crippen LogP contribution in [0.3, 0.4) is 0 Å². The van der Waals surface area contributed by atoms with E-state index < -0.39 is 0 Å². The third-order valence-electron chi connectivity index (χ3n) is 3.39. The van der Waals surface area contributed by atoms with Gasteiger partial charge in [-0.25, -0.2) is 0 Å². The number of ether oxygens (including phenoxy) is 2. The minimum absolute atomic E-state index is 0.113. The fourth-order valence-electron chi connectivity index (χ4n) is 2.19. The second-order valence-corrected chi connectivity index (χ2v) is 5.00. The normalized spacial score (nSPS) is 19.0. The van der Waals surface area contributed by atoms with Crippen molar-refractivity contribution in [1.82, 2.24) is 5.32 Å². The van der Waals surface area contributed by atoms with Crippen LogP contribution in [-0.4, -0.2) is 38.2 Å². The van der Waals surface area contributed by atoms with Crippen LogP contribution in [-0.2, 0) is 19.1 Å². The molecule has 1 aliphatic heterocycles. The second kappa shape index (κ2) is 9.78. The smallest absolute Gasteiger partial charge is 0.319 e. The van der Waals surface area contributed by atoms with E-state index in [9.17, 15) is 9.59 Å². The summed E-state index contributed by atoms with van der Waals surface area (Å²) in [5.41, 5.74) is 0. The van der Waals surface area contributed by atoms with Crippen molar-refractivity contribution in [3.8, 4) is 0 Å². The second-order valence-electron chi connectivity index (χ2n) is 5.00. The lowest BCUT2D eigenvalue weighted by molar-refractivity contribution is -0.147. The summed E-state index contributed by atoms with van der Waals surface area (Å²) in [6.07, 6.45) is 8.35. The summed E-state index contributed by atoms with van der Waals surface area (Å²) in [4.78, 5) is 21.7. The number of carbonyl (C=O) groups is 2. The number of esters is 2. The minimum atomic E-state index is -0.151. The number of unbranched alkanes of at least 4 members (excludes halogenated alkanes) is 5. The molecule has 1 aliphatic rings. The molecule has 0 spiro atoms. The Balaban J connectivity index is 1.83. The van der Waals surface area contributed by atoms with Gasteiger partial charge < -0.3 is 14.8 Å². The summed E-state index contributed by atoms with van der Waals surface area (Å²) in [6, 6.07) is 0.331. The van der Waals surface area contributed by atoms with Gasteiger partial charge in [0.2, 0.25) is 0 Å². The van der Waals surface area contributed by atoms with E-state index in [0.717, 1.165) is 25.7 Å². The molecule has 1 heterocycles. The lowest BCUT2D eigenvalue weighted by Crippen LogP contribution is -2.43. The fourth-order valence-corrected chi connectivity index (χ4v) is 2.19. The van der Waals surface area contributed by atoms with E-state index in [1.54, 1.807) is 0 Å². The topological polar surface area (TPSA) is 64.6 Å². The van der Waals surface area contributed by atoms with Gasteiger partial charge in [0.1, 0.15) is 6.61 Å². The molecule has 1 atom stereocenters. The molecule has 0 aromatic heterocycles. The van der Waals surface area contributed by atoms with Crippen molar-refractivity contribution in [1.29, 1.82) is 0 Å². The van der Waals surface area contributed by atoms with Crippen LogP contribution in [0.4, 0.5) is 0 Å². The van der Waals surface area contributed by atoms with Gasteiger partial charge >= 0.3 is 11.9 Å². The fraction of sp³-hybridized carbons (Fsp3) is 0.857. The highest BCUT2D eigenvalue weighted by Crippen LogP contribution is 2.11. The van der Waals surface area contributed by atoms with Crippen molar-refractivity contribution < 1.29 is 19.1 Å². The molecule has 1 fully saturated rings. The molecule has 0 bridgehead atoms. The molecule has 1 unspecified atom stereocenters. The molecule has 0 aromatic carbocycles. The number of methoxy groups -OCH3 is 1. The van der Waals surface area contributed by atoms with E-state index in [4.69, 9.17) is 4.74 Å². The molecule has 1 rings (SSSR count). The van der Waals surface area contributed by atoms with Gasteiger partial charge in [-0.15, -0.1) is 0 Å². The van der Waals surface area contributed by atoms with Gasteiger partial charge in [-0.05, 0) is 12.8 Å². The summed E-state index contributed by atoms with van der Waals surface area (Å²) in [5, 5.41) is 3.17. The average molecular weight is 271 g/mol. The number of hydrogen-bond acceptors (Lipinski definition) is 5. The summed E-state index contributed by atoms with van der Waals surface area (Å²) in [5.74, 6) is -0.264. The van der Waals surface area contributed by atoms with Gasteiger partial charge in [0.25, 0.3) is 0 Å². The van der Waals surface area contributed by atoms with Gasteiger partial charge in [0.15, 0.2) is 0 Å². The first-order valence-corrected chi connectivity index (χ1v) is 7.18. The molecule has 1 saturated heterocycles. The third-order valence-corrected chi connectivity index (χ3v) is 3.39. The van der Waals surface area contributed by atoms with Crippen LogP contribution in [0.25, 0.3) is 0 Å². The molecule has 0 radical (unpaired) electrons. The Hall–Kier alpha value is -1.10. The zero-order valence-electron chi connectivity index (χ0n) is 11.8. The van der Waals surface area contributed by atoms with Crippen molar-refractivity contribution >= 4 is 11.9 Å². The first-order valence-electron chi connectivity index (χ1n) is 7.18. The predicted octanol–water partition coefficient (Wildman–Crippen LogP) is 1.80. The van der Waals surface area contributed by atoms with Gasteiger partial charge in [-0.1, -0.05) is 32.1 Å². The van der Waals surface area contributed by atoms with Crippen LogP contribution in [0.5, 0.6) is 0 Å². The summed E-state index contributed by atoms with van der Waals surface area (Å²) in [7, 11) is 1.43. The minimum Gasteiger partial charge on any atom is -0.469 e. The van der Waals surface area contributed by atoms with Crippen molar-refractivity contribution in [2.45, 2.75) is 57.4 Å². The first-order chi connectivity index (χ1) is 9.22. The van der Waals surface area contributed by atoms with Gasteiger partial charge in [0.05, 0.1) is 13.7 Å². The van der Waals surface area contributed by atoms with Crippen LogP contribution in [0.1, 0.15) is 51.4 Å². The SMILES string of the molecule is COC(=O)CCCCCCCCC1COC(=O)CN1. The quantitative estimate of drug-likeness (QED) is 0.511. The molecule has 110 valence electrons. The van der Waals surface area contributed by atoms with Crippen LogP contribution >= 0.6 is 0 Å². The summed E-state index contributed by atoms with van der Waals surface area (Å²) in [6.45, 7) is 0.857. The van der Waals surface area contributed by atoms with Crippen molar-refractivity contribution in [3.63, 3.8) is 0 Å². The lowest BCUT2D eigenvalue weighted by atomic mass is 10.0. The monoisotopic (exact) mass is 271 g/mol. The number of cyclic esters (lactones) is 1. The highest BCUT2D eigenvalue weighted by atomic mass is 16.5. The Morgan fingerprint density at radius 2 is 1.95 bits per heavy atom. The molecule has 5 nitrogen and oxygen atoms in total. The molecule has 0 amide bonds. The summed E-state index contributed by atoms with van der Waals surface area (Å²) >= 11 is 0. The molecular formula is C14H25NO4. The Morgan fingerprint density at radius 3 is 2.58 bits per heavy atom. The standard InChI is InChI=1S/C14H25NO4/c1-18-13(16)9-7-5-3-2-4-6-8-12-11-19-14(17)10-15-12/h12,15H,2-11H2,1H3. The maximum atomic E-state index is 10.9. The van der Waals surface area contributed by atoms with Crippen molar-refractivity contribution in [3.05, 3.63) is 0 Å². The predicted molar refractivity (Wildman–Crippen MR) is 71.7 cm³/mol. The number of hydrogen-bond donors (Lipinski definition) is 1. The van der Waals surface area contributed by atoms with E-state index in [0.29, 0.717) is 25.6 Å². The van der Waals surface area contributed by atoms with E-state index in [1.807, 2.05) is 0 Å². The zero-order chi connectivity index (χ0) is 13.9. The molecular weight excluding hydrogens is 246 g/mol. The molecule has 1 N–H and O–H groups in total. The Bertz CT molecular complexity index is 271. The van der Waals surface area contributed by atoms with Crippen LogP contribution < -0.4 is 5.32 Å². The zero-order valence-corrected chi connectivity index (χ0v) is 11.8. The Labute approximate surface area is 115 Å². The van der Waals surface area contributed by atoms with E-state index >= 15 is 0 Å².